The second-order valence-corrected chi connectivity index (χ2v) is 4.93. The molecule has 1 atom stereocenters. The Hall–Kier alpha value is -1.69. The highest BCUT2D eigenvalue weighted by molar-refractivity contribution is 5.91. The summed E-state index contributed by atoms with van der Waals surface area (Å²) in [5.41, 5.74) is 0.192. The van der Waals surface area contributed by atoms with Gasteiger partial charge in [-0.15, -0.1) is 10.2 Å². The predicted molar refractivity (Wildman–Crippen MR) is 72.3 cm³/mol. The molecule has 0 saturated carbocycles. The predicted octanol–water partition coefficient (Wildman–Crippen LogP) is 0.841. The second kappa shape index (κ2) is 5.52. The van der Waals surface area contributed by atoms with Crippen molar-refractivity contribution in [3.8, 4) is 0 Å². The fourth-order valence-corrected chi connectivity index (χ4v) is 2.08. The van der Waals surface area contributed by atoms with Gasteiger partial charge in [-0.05, 0) is 25.5 Å². The smallest absolute Gasteiger partial charge is 0.271 e. The summed E-state index contributed by atoms with van der Waals surface area (Å²) in [6.07, 6.45) is 0.952. The minimum absolute atomic E-state index is 0.139. The van der Waals surface area contributed by atoms with Gasteiger partial charge in [0.15, 0.2) is 11.5 Å². The highest BCUT2D eigenvalue weighted by Crippen LogP contribution is 2.24. The fourth-order valence-electron chi connectivity index (χ4n) is 2.08. The lowest BCUT2D eigenvalue weighted by atomic mass is 10.0. The van der Waals surface area contributed by atoms with Crippen LogP contribution in [0.3, 0.4) is 0 Å². The third-order valence-electron chi connectivity index (χ3n) is 3.52. The molecule has 0 bridgehead atoms. The van der Waals surface area contributed by atoms with Gasteiger partial charge in [-0.1, -0.05) is 6.92 Å². The number of anilines is 1. The molecule has 19 heavy (non-hydrogen) atoms. The highest BCUT2D eigenvalue weighted by Gasteiger charge is 2.31. The Bertz CT molecular complexity index is 448. The van der Waals surface area contributed by atoms with E-state index in [-0.39, 0.29) is 11.5 Å². The van der Waals surface area contributed by atoms with Crippen molar-refractivity contribution in [2.75, 3.05) is 31.6 Å². The molecule has 1 aromatic heterocycles. The van der Waals surface area contributed by atoms with Gasteiger partial charge >= 0.3 is 0 Å². The standard InChI is InChI=1S/C13H20N4O2/c1-4-13(2)9-17(7-8-19-13)11-6-5-10(15-16-11)12(18)14-3/h5-6H,4,7-9H2,1-3H3,(H,14,18). The Balaban J connectivity index is 2.12. The van der Waals surface area contributed by atoms with E-state index in [0.29, 0.717) is 12.3 Å². The zero-order chi connectivity index (χ0) is 13.9. The first-order chi connectivity index (χ1) is 9.08. The number of ether oxygens (including phenoxy) is 1. The average molecular weight is 264 g/mol. The van der Waals surface area contributed by atoms with Crippen LogP contribution >= 0.6 is 0 Å². The molecule has 1 N–H and O–H groups in total. The van der Waals surface area contributed by atoms with E-state index < -0.39 is 0 Å². The zero-order valence-corrected chi connectivity index (χ0v) is 11.6. The van der Waals surface area contributed by atoms with E-state index in [1.54, 1.807) is 13.1 Å². The molecule has 6 nitrogen and oxygen atoms in total. The summed E-state index contributed by atoms with van der Waals surface area (Å²) in [5.74, 6) is 0.565. The minimum atomic E-state index is -0.223. The maximum absolute atomic E-state index is 11.4. The first-order valence-electron chi connectivity index (χ1n) is 6.53. The molecule has 0 spiro atoms. The Morgan fingerprint density at radius 3 is 2.89 bits per heavy atom. The Labute approximate surface area is 113 Å². The van der Waals surface area contributed by atoms with Gasteiger partial charge < -0.3 is 15.0 Å². The van der Waals surface area contributed by atoms with Crippen LogP contribution in [0.15, 0.2) is 12.1 Å². The van der Waals surface area contributed by atoms with Crippen LogP contribution < -0.4 is 10.2 Å². The van der Waals surface area contributed by atoms with Crippen LogP contribution in [-0.2, 0) is 4.74 Å². The number of morpholine rings is 1. The van der Waals surface area contributed by atoms with Gasteiger partial charge in [0.2, 0.25) is 0 Å². The molecule has 6 heteroatoms. The van der Waals surface area contributed by atoms with Gasteiger partial charge in [-0.3, -0.25) is 4.79 Å². The number of aromatic nitrogens is 2. The molecule has 1 aromatic rings. The first-order valence-corrected chi connectivity index (χ1v) is 6.53. The van der Waals surface area contributed by atoms with E-state index in [2.05, 4.69) is 34.3 Å². The Morgan fingerprint density at radius 1 is 1.53 bits per heavy atom. The third-order valence-corrected chi connectivity index (χ3v) is 3.52. The number of hydrogen-bond donors (Lipinski definition) is 1. The normalized spacial score (nSPS) is 23.2. The summed E-state index contributed by atoms with van der Waals surface area (Å²) in [4.78, 5) is 13.5. The third kappa shape index (κ3) is 3.01. The number of hydrogen-bond acceptors (Lipinski definition) is 5. The summed E-state index contributed by atoms with van der Waals surface area (Å²) in [6.45, 7) is 6.49. The SMILES string of the molecule is CCC1(C)CN(c2ccc(C(=O)NC)nn2)CCO1. The molecule has 2 heterocycles. The number of carbonyl (C=O) groups excluding carboxylic acids is 1. The van der Waals surface area contributed by atoms with Crippen LogP contribution in [-0.4, -0.2) is 48.4 Å². The maximum atomic E-state index is 11.4. The fraction of sp³-hybridized carbons (Fsp3) is 0.615. The van der Waals surface area contributed by atoms with Crippen molar-refractivity contribution in [1.82, 2.24) is 15.5 Å². The molecule has 1 aliphatic heterocycles. The largest absolute Gasteiger partial charge is 0.372 e. The second-order valence-electron chi connectivity index (χ2n) is 4.93. The molecular weight excluding hydrogens is 244 g/mol. The number of amides is 1. The quantitative estimate of drug-likeness (QED) is 0.876. The monoisotopic (exact) mass is 264 g/mol. The number of rotatable bonds is 3. The molecule has 2 rings (SSSR count). The first kappa shape index (κ1) is 13.7. The average Bonchev–Trinajstić information content (AvgIpc) is 2.46. The van der Waals surface area contributed by atoms with Crippen LogP contribution in [0.5, 0.6) is 0 Å². The molecule has 104 valence electrons. The van der Waals surface area contributed by atoms with Gasteiger partial charge in [0.1, 0.15) is 0 Å². The molecule has 1 amide bonds. The van der Waals surface area contributed by atoms with Crippen molar-refractivity contribution in [2.45, 2.75) is 25.9 Å². The van der Waals surface area contributed by atoms with Crippen LogP contribution in [0.25, 0.3) is 0 Å². The van der Waals surface area contributed by atoms with Crippen LogP contribution in [0, 0.1) is 0 Å². The summed E-state index contributed by atoms with van der Waals surface area (Å²) in [6, 6.07) is 3.53. The molecule has 1 saturated heterocycles. The van der Waals surface area contributed by atoms with Crippen molar-refractivity contribution < 1.29 is 9.53 Å². The molecule has 1 fully saturated rings. The maximum Gasteiger partial charge on any atom is 0.271 e. The van der Waals surface area contributed by atoms with E-state index in [9.17, 15) is 4.79 Å². The molecular formula is C13H20N4O2. The van der Waals surface area contributed by atoms with Crippen LogP contribution in [0.2, 0.25) is 0 Å². The van der Waals surface area contributed by atoms with Gasteiger partial charge in [0.25, 0.3) is 5.91 Å². The van der Waals surface area contributed by atoms with E-state index in [1.165, 1.54) is 0 Å². The molecule has 0 aliphatic carbocycles. The summed E-state index contributed by atoms with van der Waals surface area (Å²) >= 11 is 0. The Kier molecular flexibility index (Phi) is 3.99. The van der Waals surface area contributed by atoms with Crippen molar-refractivity contribution in [3.05, 3.63) is 17.8 Å². The molecule has 1 unspecified atom stereocenters. The van der Waals surface area contributed by atoms with Crippen LogP contribution in [0.4, 0.5) is 5.82 Å². The van der Waals surface area contributed by atoms with Crippen molar-refractivity contribution in [1.29, 1.82) is 0 Å². The van der Waals surface area contributed by atoms with E-state index in [1.807, 2.05) is 6.07 Å². The van der Waals surface area contributed by atoms with Crippen molar-refractivity contribution in [2.24, 2.45) is 0 Å². The Morgan fingerprint density at radius 2 is 2.32 bits per heavy atom. The van der Waals surface area contributed by atoms with Crippen molar-refractivity contribution in [3.63, 3.8) is 0 Å². The highest BCUT2D eigenvalue weighted by atomic mass is 16.5. The lowest BCUT2D eigenvalue weighted by Gasteiger charge is -2.40. The number of nitrogens with one attached hydrogen (secondary N) is 1. The van der Waals surface area contributed by atoms with E-state index >= 15 is 0 Å². The molecule has 0 radical (unpaired) electrons. The summed E-state index contributed by atoms with van der Waals surface area (Å²) in [5, 5.41) is 10.6. The van der Waals surface area contributed by atoms with Gasteiger partial charge in [-0.2, -0.15) is 0 Å². The lowest BCUT2D eigenvalue weighted by molar-refractivity contribution is -0.0443. The van der Waals surface area contributed by atoms with Gasteiger partial charge in [0.05, 0.1) is 12.2 Å². The zero-order valence-electron chi connectivity index (χ0n) is 11.6. The van der Waals surface area contributed by atoms with Gasteiger partial charge in [0, 0.05) is 20.1 Å². The molecule has 0 aromatic carbocycles. The minimum Gasteiger partial charge on any atom is -0.372 e. The van der Waals surface area contributed by atoms with Crippen molar-refractivity contribution >= 4 is 11.7 Å². The summed E-state index contributed by atoms with van der Waals surface area (Å²) < 4.78 is 5.79. The number of nitrogens with zero attached hydrogens (tertiary/aromatic N) is 3. The molecule has 1 aliphatic rings. The number of carbonyl (C=O) groups is 1. The van der Waals surface area contributed by atoms with E-state index in [0.717, 1.165) is 25.3 Å². The lowest BCUT2D eigenvalue weighted by Crippen LogP contribution is -2.50. The van der Waals surface area contributed by atoms with E-state index in [4.69, 9.17) is 4.74 Å². The van der Waals surface area contributed by atoms with Gasteiger partial charge in [-0.25, -0.2) is 0 Å². The van der Waals surface area contributed by atoms with Crippen LogP contribution in [0.1, 0.15) is 30.8 Å². The summed E-state index contributed by atoms with van der Waals surface area (Å²) in [7, 11) is 1.58. The topological polar surface area (TPSA) is 67.4 Å².